The average Bonchev–Trinajstić information content (AvgIpc) is 2.02. The summed E-state index contributed by atoms with van der Waals surface area (Å²) in [6, 6.07) is 0. The molecule has 0 rings (SSSR count). The summed E-state index contributed by atoms with van der Waals surface area (Å²) >= 11 is 1.79. The lowest BCUT2D eigenvalue weighted by Gasteiger charge is -2.12. The Morgan fingerprint density at radius 1 is 1.67 bits per heavy atom. The van der Waals surface area contributed by atoms with Crippen LogP contribution in [0.15, 0.2) is 0 Å². The summed E-state index contributed by atoms with van der Waals surface area (Å²) in [4.78, 5) is 0. The third kappa shape index (κ3) is 6.49. The fourth-order valence-electron chi connectivity index (χ4n) is 0.881. The molecule has 1 unspecified atom stereocenters. The summed E-state index contributed by atoms with van der Waals surface area (Å²) < 4.78 is 0. The Morgan fingerprint density at radius 2 is 2.33 bits per heavy atom. The fourth-order valence-corrected chi connectivity index (χ4v) is 2.04. The molecule has 0 aliphatic rings. The highest BCUT2D eigenvalue weighted by molar-refractivity contribution is 7.99. The molecular formula is C8H18N2OS. The van der Waals surface area contributed by atoms with Crippen molar-refractivity contribution in [1.82, 2.24) is 0 Å². The zero-order valence-electron chi connectivity index (χ0n) is 7.55. The van der Waals surface area contributed by atoms with Crippen LogP contribution in [-0.2, 0) is 0 Å². The van der Waals surface area contributed by atoms with Gasteiger partial charge in [-0.1, -0.05) is 6.92 Å². The maximum absolute atomic E-state index is 8.55. The minimum atomic E-state index is 0.253. The molecule has 1 atom stereocenters. The van der Waals surface area contributed by atoms with Gasteiger partial charge in [0.15, 0.2) is 0 Å². The van der Waals surface area contributed by atoms with Gasteiger partial charge in [-0.25, -0.2) is 0 Å². The lowest BCUT2D eigenvalue weighted by molar-refractivity contribution is 0.296. The van der Waals surface area contributed by atoms with Gasteiger partial charge in [-0.3, -0.25) is 5.41 Å². The number of aliphatic hydroxyl groups is 1. The lowest BCUT2D eigenvalue weighted by atomic mass is 10.2. The van der Waals surface area contributed by atoms with Crippen molar-refractivity contribution in [1.29, 1.82) is 5.41 Å². The van der Waals surface area contributed by atoms with Crippen LogP contribution in [0.4, 0.5) is 0 Å². The number of nitrogens with two attached hydrogens (primary N) is 1. The highest BCUT2D eigenvalue weighted by Crippen LogP contribution is 2.18. The molecule has 4 N–H and O–H groups in total. The average molecular weight is 190 g/mol. The first-order valence-corrected chi connectivity index (χ1v) is 5.31. The van der Waals surface area contributed by atoms with E-state index >= 15 is 0 Å². The molecule has 0 aromatic rings. The van der Waals surface area contributed by atoms with Crippen LogP contribution in [0.25, 0.3) is 0 Å². The van der Waals surface area contributed by atoms with E-state index in [0.717, 1.165) is 18.6 Å². The topological polar surface area (TPSA) is 70.1 Å². The molecule has 12 heavy (non-hydrogen) atoms. The fraction of sp³-hybridized carbons (Fsp3) is 0.875. The van der Waals surface area contributed by atoms with Crippen LogP contribution < -0.4 is 5.73 Å². The smallest absolute Gasteiger partial charge is 0.0916 e. The third-order valence-corrected chi connectivity index (χ3v) is 3.05. The molecule has 0 heterocycles. The van der Waals surface area contributed by atoms with Crippen molar-refractivity contribution >= 4 is 17.6 Å². The van der Waals surface area contributed by atoms with Crippen molar-refractivity contribution in [2.75, 3.05) is 12.4 Å². The number of aliphatic hydroxyl groups excluding tert-OH is 1. The van der Waals surface area contributed by atoms with E-state index in [1.165, 1.54) is 0 Å². The van der Waals surface area contributed by atoms with Gasteiger partial charge in [0.1, 0.15) is 0 Å². The molecule has 0 radical (unpaired) electrons. The molecule has 3 nitrogen and oxygen atoms in total. The Hall–Kier alpha value is -0.220. The predicted molar refractivity (Wildman–Crippen MR) is 54.8 cm³/mol. The van der Waals surface area contributed by atoms with E-state index in [2.05, 4.69) is 6.92 Å². The molecule has 0 bridgehead atoms. The Bertz CT molecular complexity index is 130. The van der Waals surface area contributed by atoms with Crippen LogP contribution in [0.3, 0.4) is 0 Å². The second kappa shape index (κ2) is 7.43. The molecule has 0 saturated carbocycles. The van der Waals surface area contributed by atoms with Crippen molar-refractivity contribution in [3.8, 4) is 0 Å². The second-order valence-corrected chi connectivity index (χ2v) is 4.12. The molecule has 0 spiro atoms. The summed E-state index contributed by atoms with van der Waals surface area (Å²) in [5.74, 6) is 1.22. The Labute approximate surface area is 78.2 Å². The molecule has 0 aromatic heterocycles. The summed E-state index contributed by atoms with van der Waals surface area (Å²) in [6.07, 6.45) is 2.54. The summed E-state index contributed by atoms with van der Waals surface area (Å²) in [5.41, 5.74) is 5.29. The molecule has 0 fully saturated rings. The molecule has 72 valence electrons. The van der Waals surface area contributed by atoms with Crippen LogP contribution >= 0.6 is 11.8 Å². The molecule has 0 saturated heterocycles. The van der Waals surface area contributed by atoms with E-state index < -0.39 is 0 Å². The first kappa shape index (κ1) is 11.8. The van der Waals surface area contributed by atoms with Crippen LogP contribution in [0.1, 0.15) is 26.2 Å². The van der Waals surface area contributed by atoms with Crippen molar-refractivity contribution in [3.05, 3.63) is 0 Å². The van der Waals surface area contributed by atoms with Gasteiger partial charge in [-0.15, -0.1) is 0 Å². The second-order valence-electron chi connectivity index (χ2n) is 2.71. The van der Waals surface area contributed by atoms with Crippen molar-refractivity contribution in [2.24, 2.45) is 5.73 Å². The van der Waals surface area contributed by atoms with Gasteiger partial charge in [0.2, 0.25) is 0 Å². The molecule has 0 aromatic carbocycles. The van der Waals surface area contributed by atoms with Gasteiger partial charge in [0.05, 0.1) is 5.84 Å². The van der Waals surface area contributed by atoms with Crippen LogP contribution in [-0.4, -0.2) is 28.6 Å². The Kier molecular flexibility index (Phi) is 7.29. The Balaban J connectivity index is 3.46. The monoisotopic (exact) mass is 190 g/mol. The van der Waals surface area contributed by atoms with Crippen molar-refractivity contribution < 1.29 is 5.11 Å². The summed E-state index contributed by atoms with van der Waals surface area (Å²) in [6.45, 7) is 2.35. The maximum Gasteiger partial charge on any atom is 0.0916 e. The third-order valence-electron chi connectivity index (χ3n) is 1.56. The zero-order chi connectivity index (χ0) is 9.40. The van der Waals surface area contributed by atoms with E-state index in [4.69, 9.17) is 16.2 Å². The number of hydrogen-bond donors (Lipinski definition) is 3. The number of rotatable bonds is 7. The number of amidine groups is 1. The van der Waals surface area contributed by atoms with E-state index in [-0.39, 0.29) is 12.4 Å². The highest BCUT2D eigenvalue weighted by Gasteiger charge is 2.07. The van der Waals surface area contributed by atoms with Crippen molar-refractivity contribution in [2.45, 2.75) is 31.4 Å². The first-order chi connectivity index (χ1) is 5.70. The summed E-state index contributed by atoms with van der Waals surface area (Å²) in [5, 5.41) is 16.1. The van der Waals surface area contributed by atoms with E-state index in [9.17, 15) is 0 Å². The van der Waals surface area contributed by atoms with Crippen LogP contribution in [0, 0.1) is 5.41 Å². The SMILES string of the molecule is CCC(CC(=N)N)SCCCO. The molecule has 0 aliphatic heterocycles. The van der Waals surface area contributed by atoms with E-state index in [1.807, 2.05) is 0 Å². The van der Waals surface area contributed by atoms with Gasteiger partial charge in [0.25, 0.3) is 0 Å². The Morgan fingerprint density at radius 3 is 2.75 bits per heavy atom. The van der Waals surface area contributed by atoms with Gasteiger partial charge in [-0.2, -0.15) is 11.8 Å². The van der Waals surface area contributed by atoms with E-state index in [1.54, 1.807) is 11.8 Å². The van der Waals surface area contributed by atoms with Gasteiger partial charge in [0, 0.05) is 18.3 Å². The number of thioether (sulfide) groups is 1. The number of hydrogen-bond acceptors (Lipinski definition) is 3. The minimum absolute atomic E-state index is 0.253. The molecule has 4 heteroatoms. The standard InChI is InChI=1S/C8H18N2OS/c1-2-7(6-8(9)10)12-5-3-4-11/h7,11H,2-6H2,1H3,(H3,9,10). The first-order valence-electron chi connectivity index (χ1n) is 4.26. The van der Waals surface area contributed by atoms with Crippen LogP contribution in [0.5, 0.6) is 0 Å². The highest BCUT2D eigenvalue weighted by atomic mass is 32.2. The van der Waals surface area contributed by atoms with Crippen molar-refractivity contribution in [3.63, 3.8) is 0 Å². The molecule has 0 amide bonds. The normalized spacial score (nSPS) is 12.8. The largest absolute Gasteiger partial charge is 0.396 e. The van der Waals surface area contributed by atoms with E-state index in [0.29, 0.717) is 11.7 Å². The minimum Gasteiger partial charge on any atom is -0.396 e. The molecular weight excluding hydrogens is 172 g/mol. The van der Waals surface area contributed by atoms with Gasteiger partial charge >= 0.3 is 0 Å². The van der Waals surface area contributed by atoms with Gasteiger partial charge < -0.3 is 10.8 Å². The molecule has 0 aliphatic carbocycles. The summed E-state index contributed by atoms with van der Waals surface area (Å²) in [7, 11) is 0. The lowest BCUT2D eigenvalue weighted by Crippen LogP contribution is -2.17. The number of nitrogens with one attached hydrogen (secondary N) is 1. The van der Waals surface area contributed by atoms with Crippen LogP contribution in [0.2, 0.25) is 0 Å². The van der Waals surface area contributed by atoms with Gasteiger partial charge in [-0.05, 0) is 18.6 Å². The maximum atomic E-state index is 8.55. The quantitative estimate of drug-likeness (QED) is 0.321. The zero-order valence-corrected chi connectivity index (χ0v) is 8.36. The predicted octanol–water partition coefficient (Wildman–Crippen LogP) is 1.21.